The zero-order valence-electron chi connectivity index (χ0n) is 8.92. The average molecular weight is 182 g/mol. The van der Waals surface area contributed by atoms with Crippen molar-refractivity contribution in [2.24, 2.45) is 17.8 Å². The highest BCUT2D eigenvalue weighted by molar-refractivity contribution is 4.83. The van der Waals surface area contributed by atoms with Gasteiger partial charge in [-0.2, -0.15) is 0 Å². The predicted octanol–water partition coefficient (Wildman–Crippen LogP) is 1.18. The van der Waals surface area contributed by atoms with Gasteiger partial charge >= 0.3 is 0 Å². The van der Waals surface area contributed by atoms with Crippen LogP contribution in [0.5, 0.6) is 0 Å². The van der Waals surface area contributed by atoms with E-state index in [1.807, 2.05) is 0 Å². The summed E-state index contributed by atoms with van der Waals surface area (Å²) in [6.45, 7) is 11.2. The van der Waals surface area contributed by atoms with Crippen molar-refractivity contribution in [3.63, 3.8) is 0 Å². The monoisotopic (exact) mass is 182 g/mol. The molecule has 2 rings (SSSR count). The molecular formula is C11H22N2. The highest BCUT2D eigenvalue weighted by Gasteiger charge is 2.27. The van der Waals surface area contributed by atoms with Crippen molar-refractivity contribution < 1.29 is 0 Å². The number of hydrogen-bond donors (Lipinski definition) is 1. The van der Waals surface area contributed by atoms with Crippen LogP contribution >= 0.6 is 0 Å². The molecule has 0 spiro atoms. The number of rotatable bonds is 2. The van der Waals surface area contributed by atoms with Crippen LogP contribution in [0.4, 0.5) is 0 Å². The molecule has 2 heterocycles. The minimum atomic E-state index is 0.885. The minimum Gasteiger partial charge on any atom is -0.316 e. The first-order valence-electron chi connectivity index (χ1n) is 5.69. The van der Waals surface area contributed by atoms with Gasteiger partial charge in [0.1, 0.15) is 0 Å². The van der Waals surface area contributed by atoms with E-state index in [4.69, 9.17) is 0 Å². The molecule has 0 aromatic rings. The molecule has 3 unspecified atom stereocenters. The summed E-state index contributed by atoms with van der Waals surface area (Å²) < 4.78 is 0. The second kappa shape index (κ2) is 3.97. The summed E-state index contributed by atoms with van der Waals surface area (Å²) >= 11 is 0. The van der Waals surface area contributed by atoms with Gasteiger partial charge in [-0.05, 0) is 43.8 Å². The summed E-state index contributed by atoms with van der Waals surface area (Å²) in [6, 6.07) is 0. The van der Waals surface area contributed by atoms with Crippen LogP contribution in [-0.4, -0.2) is 37.6 Å². The van der Waals surface area contributed by atoms with Crippen molar-refractivity contribution >= 4 is 0 Å². The lowest BCUT2D eigenvalue weighted by molar-refractivity contribution is 0.254. The third-order valence-corrected chi connectivity index (χ3v) is 3.68. The molecule has 13 heavy (non-hydrogen) atoms. The molecule has 1 N–H and O–H groups in total. The number of nitrogens with one attached hydrogen (secondary N) is 1. The molecule has 0 radical (unpaired) electrons. The Bertz CT molecular complexity index is 169. The third-order valence-electron chi connectivity index (χ3n) is 3.68. The van der Waals surface area contributed by atoms with Crippen molar-refractivity contribution in [2.45, 2.75) is 20.3 Å². The molecule has 0 amide bonds. The van der Waals surface area contributed by atoms with Gasteiger partial charge in [-0.15, -0.1) is 0 Å². The van der Waals surface area contributed by atoms with Crippen molar-refractivity contribution in [3.05, 3.63) is 0 Å². The van der Waals surface area contributed by atoms with E-state index < -0.39 is 0 Å². The molecule has 2 aliphatic rings. The molecule has 2 aliphatic heterocycles. The van der Waals surface area contributed by atoms with Gasteiger partial charge in [0.15, 0.2) is 0 Å². The Balaban J connectivity index is 1.77. The van der Waals surface area contributed by atoms with Crippen molar-refractivity contribution in [3.8, 4) is 0 Å². The second-order valence-electron chi connectivity index (χ2n) is 5.05. The molecule has 3 atom stereocenters. The van der Waals surface area contributed by atoms with Gasteiger partial charge in [0.25, 0.3) is 0 Å². The van der Waals surface area contributed by atoms with Crippen LogP contribution in [-0.2, 0) is 0 Å². The first-order chi connectivity index (χ1) is 6.25. The van der Waals surface area contributed by atoms with Gasteiger partial charge in [0.2, 0.25) is 0 Å². The molecule has 2 heteroatoms. The Morgan fingerprint density at radius 2 is 2.15 bits per heavy atom. The van der Waals surface area contributed by atoms with Crippen LogP contribution in [0.2, 0.25) is 0 Å². The smallest absolute Gasteiger partial charge is 0.00249 e. The fourth-order valence-electron chi connectivity index (χ4n) is 2.63. The Labute approximate surface area is 81.7 Å². The highest BCUT2D eigenvalue weighted by atomic mass is 15.2. The molecule has 2 fully saturated rings. The van der Waals surface area contributed by atoms with E-state index in [9.17, 15) is 0 Å². The summed E-state index contributed by atoms with van der Waals surface area (Å²) in [5.41, 5.74) is 0. The topological polar surface area (TPSA) is 15.3 Å². The third kappa shape index (κ3) is 2.23. The molecule has 0 aliphatic carbocycles. The maximum atomic E-state index is 3.48. The molecule has 76 valence electrons. The van der Waals surface area contributed by atoms with Gasteiger partial charge < -0.3 is 10.2 Å². The van der Waals surface area contributed by atoms with E-state index in [2.05, 4.69) is 24.1 Å². The summed E-state index contributed by atoms with van der Waals surface area (Å²) in [4.78, 5) is 2.65. The molecule has 0 aromatic carbocycles. The summed E-state index contributed by atoms with van der Waals surface area (Å²) in [5, 5.41) is 3.48. The van der Waals surface area contributed by atoms with Gasteiger partial charge in [-0.25, -0.2) is 0 Å². The maximum absolute atomic E-state index is 3.48. The average Bonchev–Trinajstić information content (AvgIpc) is 2.64. The van der Waals surface area contributed by atoms with Crippen molar-refractivity contribution in [2.75, 3.05) is 32.7 Å². The quantitative estimate of drug-likeness (QED) is 0.690. The summed E-state index contributed by atoms with van der Waals surface area (Å²) in [7, 11) is 0. The largest absolute Gasteiger partial charge is 0.316 e. The first kappa shape index (κ1) is 9.47. The van der Waals surface area contributed by atoms with Crippen LogP contribution in [0, 0.1) is 17.8 Å². The van der Waals surface area contributed by atoms with Gasteiger partial charge in [0, 0.05) is 13.1 Å². The van der Waals surface area contributed by atoms with Crippen molar-refractivity contribution in [1.29, 1.82) is 0 Å². The van der Waals surface area contributed by atoms with Gasteiger partial charge in [-0.3, -0.25) is 0 Å². The van der Waals surface area contributed by atoms with Gasteiger partial charge in [-0.1, -0.05) is 13.8 Å². The van der Waals surface area contributed by atoms with E-state index >= 15 is 0 Å². The van der Waals surface area contributed by atoms with E-state index in [1.54, 1.807) is 0 Å². The first-order valence-corrected chi connectivity index (χ1v) is 5.69. The Kier molecular flexibility index (Phi) is 2.89. The lowest BCUT2D eigenvalue weighted by Gasteiger charge is -2.22. The second-order valence-corrected chi connectivity index (χ2v) is 5.05. The number of nitrogens with zero attached hydrogens (tertiary/aromatic N) is 1. The Hall–Kier alpha value is -0.0800. The van der Waals surface area contributed by atoms with E-state index in [-0.39, 0.29) is 0 Å². The Morgan fingerprint density at radius 3 is 2.69 bits per heavy atom. The van der Waals surface area contributed by atoms with Crippen LogP contribution in [0.25, 0.3) is 0 Å². The zero-order valence-corrected chi connectivity index (χ0v) is 8.92. The molecule has 0 aromatic heterocycles. The van der Waals surface area contributed by atoms with Crippen LogP contribution in [0.3, 0.4) is 0 Å². The van der Waals surface area contributed by atoms with Crippen LogP contribution < -0.4 is 5.32 Å². The van der Waals surface area contributed by atoms with E-state index in [0.29, 0.717) is 0 Å². The Morgan fingerprint density at radius 1 is 1.31 bits per heavy atom. The molecule has 0 bridgehead atoms. The summed E-state index contributed by atoms with van der Waals surface area (Å²) in [6.07, 6.45) is 1.41. The highest BCUT2D eigenvalue weighted by Crippen LogP contribution is 2.21. The van der Waals surface area contributed by atoms with Crippen LogP contribution in [0.1, 0.15) is 20.3 Å². The fraction of sp³-hybridized carbons (Fsp3) is 1.00. The molecule has 2 nitrogen and oxygen atoms in total. The fourth-order valence-corrected chi connectivity index (χ4v) is 2.63. The lowest BCUT2D eigenvalue weighted by atomic mass is 9.98. The number of hydrogen-bond acceptors (Lipinski definition) is 2. The molecule has 2 saturated heterocycles. The van der Waals surface area contributed by atoms with Crippen molar-refractivity contribution in [1.82, 2.24) is 10.2 Å². The summed E-state index contributed by atoms with van der Waals surface area (Å²) in [5.74, 6) is 2.73. The van der Waals surface area contributed by atoms with Crippen LogP contribution in [0.15, 0.2) is 0 Å². The van der Waals surface area contributed by atoms with E-state index in [0.717, 1.165) is 17.8 Å². The SMILES string of the molecule is CC1CCN(CC2CNCC2C)C1. The lowest BCUT2D eigenvalue weighted by Crippen LogP contribution is -2.30. The standard InChI is InChI=1S/C11H22N2/c1-9-3-4-13(7-9)8-11-6-12-5-10(11)2/h9-12H,3-8H2,1-2H3. The maximum Gasteiger partial charge on any atom is 0.00249 e. The number of likely N-dealkylation sites (tertiary alicyclic amines) is 1. The zero-order chi connectivity index (χ0) is 9.26. The normalized spacial score (nSPS) is 41.5. The minimum absolute atomic E-state index is 0.885. The molecule has 0 saturated carbocycles. The molecular weight excluding hydrogens is 160 g/mol. The van der Waals surface area contributed by atoms with Gasteiger partial charge in [0.05, 0.1) is 0 Å². The van der Waals surface area contributed by atoms with E-state index in [1.165, 1.54) is 39.1 Å². The predicted molar refractivity (Wildman–Crippen MR) is 55.7 cm³/mol.